The molecule has 5 heteroatoms. The summed E-state index contributed by atoms with van der Waals surface area (Å²) >= 11 is 17.8. The maximum Gasteiger partial charge on any atom is 0.310 e. The van der Waals surface area contributed by atoms with Crippen LogP contribution in [0.5, 0.6) is 0 Å². The van der Waals surface area contributed by atoms with E-state index in [0.717, 1.165) is 12.8 Å². The summed E-state index contributed by atoms with van der Waals surface area (Å²) in [5.41, 5.74) is 0. The van der Waals surface area contributed by atoms with Crippen molar-refractivity contribution < 1.29 is 9.53 Å². The predicted molar refractivity (Wildman–Crippen MR) is 92.5 cm³/mol. The number of unbranched alkanes of at least 4 members (excludes halogenated alkanes) is 7. The van der Waals surface area contributed by atoms with E-state index in [9.17, 15) is 4.79 Å². The van der Waals surface area contributed by atoms with Gasteiger partial charge in [0.2, 0.25) is 0 Å². The van der Waals surface area contributed by atoms with Crippen molar-refractivity contribution in [2.45, 2.75) is 81.8 Å². The summed E-state index contributed by atoms with van der Waals surface area (Å²) in [6.45, 7) is 4.36. The maximum absolute atomic E-state index is 11.9. The molecule has 0 bridgehead atoms. The number of hydrogen-bond donors (Lipinski definition) is 0. The highest BCUT2D eigenvalue weighted by molar-refractivity contribution is 6.48. The highest BCUT2D eigenvalue weighted by Crippen LogP contribution is 2.27. The van der Waals surface area contributed by atoms with Crippen LogP contribution in [-0.2, 0) is 9.53 Å². The summed E-state index contributed by atoms with van der Waals surface area (Å²) in [7, 11) is 0. The summed E-state index contributed by atoms with van der Waals surface area (Å²) in [4.78, 5) is 11.1. The van der Waals surface area contributed by atoms with Gasteiger partial charge in [-0.15, -0.1) is 34.8 Å². The van der Waals surface area contributed by atoms with Crippen LogP contribution < -0.4 is 0 Å². The van der Waals surface area contributed by atoms with E-state index in [2.05, 4.69) is 6.92 Å². The fourth-order valence-electron chi connectivity index (χ4n) is 2.33. The van der Waals surface area contributed by atoms with Gasteiger partial charge in [0.15, 0.2) is 0 Å². The van der Waals surface area contributed by atoms with Gasteiger partial charge in [-0.05, 0) is 13.3 Å². The minimum absolute atomic E-state index is 0.285. The van der Waals surface area contributed by atoms with Gasteiger partial charge < -0.3 is 4.74 Å². The van der Waals surface area contributed by atoms with Gasteiger partial charge in [0.05, 0.1) is 17.9 Å². The molecule has 0 amide bonds. The van der Waals surface area contributed by atoms with Crippen molar-refractivity contribution in [2.24, 2.45) is 5.92 Å². The van der Waals surface area contributed by atoms with Crippen LogP contribution in [0, 0.1) is 5.92 Å². The molecule has 0 saturated heterocycles. The van der Waals surface area contributed by atoms with Crippen molar-refractivity contribution in [3.8, 4) is 0 Å². The van der Waals surface area contributed by atoms with E-state index in [4.69, 9.17) is 39.5 Å². The topological polar surface area (TPSA) is 26.3 Å². The average molecular weight is 360 g/mol. The third-order valence-electron chi connectivity index (χ3n) is 3.58. The molecule has 0 aliphatic heterocycles. The van der Waals surface area contributed by atoms with Crippen LogP contribution in [0.25, 0.3) is 0 Å². The number of ether oxygens (including phenoxy) is 1. The molecule has 0 aliphatic rings. The van der Waals surface area contributed by atoms with Crippen LogP contribution in [-0.4, -0.2) is 22.8 Å². The third kappa shape index (κ3) is 10.7. The monoisotopic (exact) mass is 358 g/mol. The van der Waals surface area contributed by atoms with Crippen LogP contribution in [0.3, 0.4) is 0 Å². The number of carbonyl (C=O) groups is 1. The highest BCUT2D eigenvalue weighted by atomic mass is 35.5. The van der Waals surface area contributed by atoms with Crippen LogP contribution >= 0.6 is 34.8 Å². The Morgan fingerprint density at radius 3 is 1.90 bits per heavy atom. The number of rotatable bonds is 13. The highest BCUT2D eigenvalue weighted by Gasteiger charge is 2.31. The number of esters is 1. The van der Waals surface area contributed by atoms with Crippen molar-refractivity contribution in [2.75, 3.05) is 6.61 Å². The molecule has 2 nitrogen and oxygen atoms in total. The Labute approximate surface area is 144 Å². The lowest BCUT2D eigenvalue weighted by molar-refractivity contribution is -0.148. The molecular formula is C16H29Cl3O2. The van der Waals surface area contributed by atoms with Gasteiger partial charge in [0, 0.05) is 0 Å². The van der Waals surface area contributed by atoms with Crippen molar-refractivity contribution in [3.63, 3.8) is 0 Å². The van der Waals surface area contributed by atoms with Crippen molar-refractivity contribution in [3.05, 3.63) is 0 Å². The minimum Gasteiger partial charge on any atom is -0.466 e. The van der Waals surface area contributed by atoms with Gasteiger partial charge in [-0.2, -0.15) is 0 Å². The molecule has 0 aromatic rings. The van der Waals surface area contributed by atoms with Crippen molar-refractivity contribution in [1.29, 1.82) is 0 Å². The predicted octanol–water partition coefficient (Wildman–Crippen LogP) is 6.11. The van der Waals surface area contributed by atoms with Gasteiger partial charge in [-0.3, -0.25) is 4.79 Å². The van der Waals surface area contributed by atoms with Gasteiger partial charge >= 0.3 is 5.97 Å². The van der Waals surface area contributed by atoms with Gasteiger partial charge in [0.1, 0.15) is 4.84 Å². The normalized spacial score (nSPS) is 14.2. The molecule has 0 fully saturated rings. The molecule has 2 atom stereocenters. The first-order valence-corrected chi connectivity index (χ1v) is 9.44. The first kappa shape index (κ1) is 21.3. The summed E-state index contributed by atoms with van der Waals surface area (Å²) < 4.78 is 5.06. The average Bonchev–Trinajstić information content (AvgIpc) is 2.45. The quantitative estimate of drug-likeness (QED) is 0.225. The summed E-state index contributed by atoms with van der Waals surface area (Å²) in [5, 5.41) is -0.586. The SMILES string of the molecule is CCCCCCCCCCC(C(=O)OCC)C(Cl)C(Cl)Cl. The Morgan fingerprint density at radius 1 is 0.905 bits per heavy atom. The van der Waals surface area contributed by atoms with Crippen LogP contribution in [0.2, 0.25) is 0 Å². The van der Waals surface area contributed by atoms with Crippen LogP contribution in [0.15, 0.2) is 0 Å². The first-order chi connectivity index (χ1) is 10.0. The molecule has 126 valence electrons. The summed E-state index contributed by atoms with van der Waals surface area (Å²) in [6.07, 6.45) is 10.5. The van der Waals surface area contributed by atoms with E-state index in [1.807, 2.05) is 0 Å². The van der Waals surface area contributed by atoms with Crippen molar-refractivity contribution >= 4 is 40.8 Å². The molecule has 0 N–H and O–H groups in total. The minimum atomic E-state index is -0.755. The van der Waals surface area contributed by atoms with Gasteiger partial charge in [0.25, 0.3) is 0 Å². The Morgan fingerprint density at radius 2 is 1.43 bits per heavy atom. The largest absolute Gasteiger partial charge is 0.466 e. The van der Waals surface area contributed by atoms with Gasteiger partial charge in [-0.25, -0.2) is 0 Å². The molecular weight excluding hydrogens is 331 g/mol. The zero-order chi connectivity index (χ0) is 16.1. The second kappa shape index (κ2) is 14.0. The standard InChI is InChI=1S/C16H29Cl3O2/c1-3-5-6-7-8-9-10-11-12-13(14(17)15(18)19)16(20)21-4-2/h13-15H,3-12H2,1-2H3. The lowest BCUT2D eigenvalue weighted by Gasteiger charge is -2.21. The molecule has 2 unspecified atom stereocenters. The lowest BCUT2D eigenvalue weighted by atomic mass is 9.97. The number of hydrogen-bond acceptors (Lipinski definition) is 2. The molecule has 21 heavy (non-hydrogen) atoms. The molecule has 0 aromatic heterocycles. The van der Waals surface area contributed by atoms with E-state index >= 15 is 0 Å². The number of alkyl halides is 3. The second-order valence-electron chi connectivity index (χ2n) is 5.40. The fourth-order valence-corrected chi connectivity index (χ4v) is 2.91. The molecule has 0 rings (SSSR count). The molecule has 0 spiro atoms. The Bertz CT molecular complexity index is 260. The number of carbonyl (C=O) groups excluding carboxylic acids is 1. The molecule has 0 heterocycles. The fraction of sp³-hybridized carbons (Fsp3) is 0.938. The molecule has 0 radical (unpaired) electrons. The molecule has 0 aromatic carbocycles. The van der Waals surface area contributed by atoms with E-state index in [-0.39, 0.29) is 5.97 Å². The van der Waals surface area contributed by atoms with E-state index < -0.39 is 16.1 Å². The smallest absolute Gasteiger partial charge is 0.310 e. The van der Waals surface area contributed by atoms with Gasteiger partial charge in [-0.1, -0.05) is 58.3 Å². The zero-order valence-corrected chi connectivity index (χ0v) is 15.5. The summed E-state index contributed by atoms with van der Waals surface area (Å²) in [6, 6.07) is 0. The van der Waals surface area contributed by atoms with Crippen LogP contribution in [0.1, 0.15) is 71.6 Å². The second-order valence-corrected chi connectivity index (χ2v) is 7.07. The van der Waals surface area contributed by atoms with E-state index in [1.165, 1.54) is 38.5 Å². The lowest BCUT2D eigenvalue weighted by Crippen LogP contribution is -2.30. The van der Waals surface area contributed by atoms with E-state index in [1.54, 1.807) is 6.92 Å². The Balaban J connectivity index is 3.94. The third-order valence-corrected chi connectivity index (χ3v) is 4.94. The van der Waals surface area contributed by atoms with Crippen molar-refractivity contribution in [1.82, 2.24) is 0 Å². The summed E-state index contributed by atoms with van der Waals surface area (Å²) in [5.74, 6) is -0.696. The first-order valence-electron chi connectivity index (χ1n) is 8.13. The maximum atomic E-state index is 11.9. The molecule has 0 saturated carbocycles. The van der Waals surface area contributed by atoms with Crippen LogP contribution in [0.4, 0.5) is 0 Å². The zero-order valence-electron chi connectivity index (χ0n) is 13.3. The Hall–Kier alpha value is 0.340. The van der Waals surface area contributed by atoms with E-state index in [0.29, 0.717) is 13.0 Å². The number of halogens is 3. The molecule has 0 aliphatic carbocycles. The Kier molecular flexibility index (Phi) is 14.2.